The van der Waals surface area contributed by atoms with Crippen LogP contribution in [0.2, 0.25) is 0 Å². The third-order valence-electron chi connectivity index (χ3n) is 9.93. The second-order valence-electron chi connectivity index (χ2n) is 12.8. The van der Waals surface area contributed by atoms with Crippen LogP contribution in [0.5, 0.6) is 0 Å². The second kappa shape index (κ2) is 11.7. The Balaban J connectivity index is 1.20. The van der Waals surface area contributed by atoms with Gasteiger partial charge < -0.3 is 4.90 Å². The molecule has 0 atom stereocenters. The maximum Gasteiger partial charge on any atom is 0.124 e. The van der Waals surface area contributed by atoms with Gasteiger partial charge >= 0.3 is 0 Å². The maximum atomic E-state index is 4.67. The number of pyridine rings is 1. The second-order valence-corrected chi connectivity index (χ2v) is 13.8. The first-order valence-corrected chi connectivity index (χ1v) is 17.8. The van der Waals surface area contributed by atoms with Gasteiger partial charge in [0.05, 0.1) is 0 Å². The van der Waals surface area contributed by atoms with Crippen LogP contribution in [0.15, 0.2) is 182 Å². The van der Waals surface area contributed by atoms with E-state index in [9.17, 15) is 0 Å². The van der Waals surface area contributed by atoms with E-state index in [1.165, 1.54) is 71.1 Å². The van der Waals surface area contributed by atoms with Gasteiger partial charge in [0.1, 0.15) is 4.83 Å². The van der Waals surface area contributed by atoms with Crippen LogP contribution >= 0.6 is 11.3 Å². The average molecular weight is 655 g/mol. The van der Waals surface area contributed by atoms with Crippen LogP contribution in [-0.4, -0.2) is 4.98 Å². The lowest BCUT2D eigenvalue weighted by atomic mass is 9.81. The van der Waals surface area contributed by atoms with Crippen LogP contribution in [0, 0.1) is 0 Å². The Kier molecular flexibility index (Phi) is 6.71. The summed E-state index contributed by atoms with van der Waals surface area (Å²) in [5.41, 5.74) is 15.7. The summed E-state index contributed by atoms with van der Waals surface area (Å²) in [5.74, 6) is 0. The van der Waals surface area contributed by atoms with Crippen LogP contribution in [0.1, 0.15) is 0 Å². The van der Waals surface area contributed by atoms with Crippen molar-refractivity contribution in [3.8, 4) is 55.6 Å². The zero-order valence-corrected chi connectivity index (χ0v) is 27.9. The molecule has 2 heterocycles. The van der Waals surface area contributed by atoms with Crippen molar-refractivity contribution in [1.29, 1.82) is 0 Å². The summed E-state index contributed by atoms with van der Waals surface area (Å²) >= 11 is 1.75. The Hall–Kier alpha value is -6.29. The minimum absolute atomic E-state index is 1.06. The Bertz CT molecular complexity index is 2700. The summed E-state index contributed by atoms with van der Waals surface area (Å²) in [6.07, 6.45) is 1.88. The number of hydrogen-bond acceptors (Lipinski definition) is 3. The lowest BCUT2D eigenvalue weighted by Crippen LogP contribution is -2.10. The fraction of sp³-hybridized carbons (Fsp3) is 0. The Labute approximate surface area is 295 Å². The number of rotatable bonds is 4. The highest BCUT2D eigenvalue weighted by atomic mass is 32.1. The Morgan fingerprint density at radius 1 is 0.360 bits per heavy atom. The van der Waals surface area contributed by atoms with Gasteiger partial charge in [-0.05, 0) is 104 Å². The summed E-state index contributed by atoms with van der Waals surface area (Å²) in [4.78, 5) is 8.13. The van der Waals surface area contributed by atoms with E-state index in [1.54, 1.807) is 11.3 Å². The van der Waals surface area contributed by atoms with Crippen molar-refractivity contribution in [1.82, 2.24) is 4.98 Å². The van der Waals surface area contributed by atoms with Crippen LogP contribution in [-0.2, 0) is 0 Å². The molecular formula is C47H30N2S. The molecule has 2 aromatic heterocycles. The molecule has 10 rings (SSSR count). The molecule has 0 bridgehead atoms. The molecule has 0 fully saturated rings. The Morgan fingerprint density at radius 3 is 1.50 bits per heavy atom. The van der Waals surface area contributed by atoms with E-state index in [-0.39, 0.29) is 0 Å². The van der Waals surface area contributed by atoms with Crippen LogP contribution in [0.4, 0.5) is 17.1 Å². The van der Waals surface area contributed by atoms with E-state index < -0.39 is 0 Å². The summed E-state index contributed by atoms with van der Waals surface area (Å²) in [5, 5.41) is 2.44. The van der Waals surface area contributed by atoms with Crippen LogP contribution in [0.25, 0.3) is 75.9 Å². The first-order valence-electron chi connectivity index (χ1n) is 17.0. The number of thiophene rings is 1. The van der Waals surface area contributed by atoms with Crippen LogP contribution < -0.4 is 4.90 Å². The molecule has 9 aromatic rings. The van der Waals surface area contributed by atoms with Crippen molar-refractivity contribution in [2.75, 3.05) is 4.90 Å². The van der Waals surface area contributed by atoms with Crippen molar-refractivity contribution in [3.05, 3.63) is 182 Å². The Morgan fingerprint density at radius 2 is 0.860 bits per heavy atom. The molecule has 50 heavy (non-hydrogen) atoms. The van der Waals surface area contributed by atoms with Gasteiger partial charge in [0.25, 0.3) is 0 Å². The van der Waals surface area contributed by atoms with Crippen molar-refractivity contribution in [2.24, 2.45) is 0 Å². The fourth-order valence-electron chi connectivity index (χ4n) is 7.61. The number of benzene rings is 7. The summed E-state index contributed by atoms with van der Waals surface area (Å²) in [6, 6.07) is 64.1. The quantitative estimate of drug-likeness (QED) is 0.188. The zero-order chi connectivity index (χ0) is 33.0. The van der Waals surface area contributed by atoms with E-state index in [1.807, 2.05) is 12.3 Å². The van der Waals surface area contributed by atoms with Gasteiger partial charge in [-0.1, -0.05) is 127 Å². The van der Waals surface area contributed by atoms with Crippen molar-refractivity contribution in [3.63, 3.8) is 0 Å². The summed E-state index contributed by atoms with van der Waals surface area (Å²) in [6.45, 7) is 0. The molecule has 0 aliphatic heterocycles. The molecule has 0 amide bonds. The van der Waals surface area contributed by atoms with Crippen LogP contribution in [0.3, 0.4) is 0 Å². The number of aromatic nitrogens is 1. The predicted octanol–water partition coefficient (Wildman–Crippen LogP) is 13.6. The van der Waals surface area contributed by atoms with Gasteiger partial charge in [0.2, 0.25) is 0 Å². The first kappa shape index (κ1) is 28.7. The third-order valence-corrected chi connectivity index (χ3v) is 11.0. The summed E-state index contributed by atoms with van der Waals surface area (Å²) in [7, 11) is 0. The normalized spacial score (nSPS) is 11.6. The van der Waals surface area contributed by atoms with Crippen molar-refractivity contribution >= 4 is 48.7 Å². The number of anilines is 3. The lowest BCUT2D eigenvalue weighted by Gasteiger charge is -2.28. The minimum atomic E-state index is 1.06. The van der Waals surface area contributed by atoms with Gasteiger partial charge in [0.15, 0.2) is 0 Å². The molecule has 2 nitrogen and oxygen atoms in total. The molecule has 3 heteroatoms. The molecule has 1 aliphatic rings. The lowest BCUT2D eigenvalue weighted by molar-refractivity contribution is 1.29. The van der Waals surface area contributed by atoms with Gasteiger partial charge in [-0.2, -0.15) is 0 Å². The molecular weight excluding hydrogens is 625 g/mol. The smallest absolute Gasteiger partial charge is 0.124 e. The topological polar surface area (TPSA) is 16.1 Å². The van der Waals surface area contributed by atoms with Gasteiger partial charge in [-0.15, -0.1) is 11.3 Å². The highest BCUT2D eigenvalue weighted by molar-refractivity contribution is 7.25. The van der Waals surface area contributed by atoms with Gasteiger partial charge in [-0.25, -0.2) is 4.98 Å². The van der Waals surface area contributed by atoms with E-state index in [2.05, 4.69) is 180 Å². The number of nitrogens with zero attached hydrogens (tertiary/aromatic N) is 2. The molecule has 0 saturated carbocycles. The molecule has 234 valence electrons. The van der Waals surface area contributed by atoms with E-state index in [4.69, 9.17) is 0 Å². The third kappa shape index (κ3) is 4.67. The fourth-order valence-corrected chi connectivity index (χ4v) is 8.68. The zero-order valence-electron chi connectivity index (χ0n) is 27.1. The molecule has 1 aliphatic carbocycles. The maximum absolute atomic E-state index is 4.67. The van der Waals surface area contributed by atoms with Crippen molar-refractivity contribution in [2.45, 2.75) is 0 Å². The largest absolute Gasteiger partial charge is 0.310 e. The molecule has 0 saturated heterocycles. The summed E-state index contributed by atoms with van der Waals surface area (Å²) < 4.78 is 1.23. The average Bonchev–Trinajstić information content (AvgIpc) is 3.56. The predicted molar refractivity (Wildman–Crippen MR) is 213 cm³/mol. The van der Waals surface area contributed by atoms with Gasteiger partial charge in [0, 0.05) is 38.7 Å². The van der Waals surface area contributed by atoms with E-state index >= 15 is 0 Å². The number of fused-ring (bicyclic) bond motifs is 11. The van der Waals surface area contributed by atoms with E-state index in [0.29, 0.717) is 0 Å². The molecule has 7 aromatic carbocycles. The van der Waals surface area contributed by atoms with Crippen molar-refractivity contribution < 1.29 is 0 Å². The first-order chi connectivity index (χ1) is 24.8. The van der Waals surface area contributed by atoms with E-state index in [0.717, 1.165) is 21.9 Å². The standard InChI is InChI=1S/C47H30N2S/c1-2-11-31(12-3-1)32-20-22-33(23-21-32)49(35-25-27-43-44-19-10-28-48-47(44)50-46(43)30-35)34-24-26-42-40-17-7-6-15-38(40)36-13-4-5-14-37(36)39-16-8-9-18-41(39)45(42)29-34/h1-30H. The SMILES string of the molecule is c1ccc(-c2ccc(N(c3ccc4c(c3)-c3ccccc3-c3ccccc3-c3ccccc3-4)c3ccc4c(c3)sc3ncccc34)cc2)cc1. The molecule has 0 N–H and O–H groups in total. The molecule has 0 spiro atoms. The molecule has 0 radical (unpaired) electrons. The highest BCUT2D eigenvalue weighted by Gasteiger charge is 2.23. The minimum Gasteiger partial charge on any atom is -0.310 e. The monoisotopic (exact) mass is 654 g/mol. The van der Waals surface area contributed by atoms with Gasteiger partial charge in [-0.3, -0.25) is 0 Å². The highest BCUT2D eigenvalue weighted by Crippen LogP contribution is 2.49. The number of hydrogen-bond donors (Lipinski definition) is 0. The molecule has 0 unspecified atom stereocenters.